The van der Waals surface area contributed by atoms with Gasteiger partial charge in [-0.15, -0.1) is 0 Å². The van der Waals surface area contributed by atoms with E-state index in [1.54, 1.807) is 6.20 Å². The molecule has 0 amide bonds. The minimum atomic E-state index is -0.319. The van der Waals surface area contributed by atoms with Gasteiger partial charge in [-0.3, -0.25) is 4.98 Å². The van der Waals surface area contributed by atoms with E-state index in [4.69, 9.17) is 11.6 Å². The summed E-state index contributed by atoms with van der Waals surface area (Å²) in [6.07, 6.45) is 3.61. The van der Waals surface area contributed by atoms with Crippen LogP contribution in [0, 0.1) is 12.7 Å². The molecule has 4 heteroatoms. The minimum absolute atomic E-state index is 0.00315. The lowest BCUT2D eigenvalue weighted by molar-refractivity contribution is 0.539. The zero-order chi connectivity index (χ0) is 14.5. The number of nitrogens with one attached hydrogen (secondary N) is 1. The van der Waals surface area contributed by atoms with Crippen molar-refractivity contribution in [3.05, 3.63) is 64.2 Å². The van der Waals surface area contributed by atoms with Crippen molar-refractivity contribution in [2.45, 2.75) is 26.3 Å². The van der Waals surface area contributed by atoms with Crippen molar-refractivity contribution in [3.8, 4) is 0 Å². The number of aromatic nitrogens is 1. The first kappa shape index (κ1) is 14.9. The second-order valence-electron chi connectivity index (χ2n) is 4.85. The second kappa shape index (κ2) is 6.82. The molecular weight excluding hydrogens is 275 g/mol. The predicted octanol–water partition coefficient (Wildman–Crippen LogP) is 4.08. The quantitative estimate of drug-likeness (QED) is 0.898. The Morgan fingerprint density at radius 3 is 2.75 bits per heavy atom. The van der Waals surface area contributed by atoms with Crippen molar-refractivity contribution < 1.29 is 4.39 Å². The molecule has 1 atom stereocenters. The smallest absolute Gasteiger partial charge is 0.141 e. The summed E-state index contributed by atoms with van der Waals surface area (Å²) in [5.41, 5.74) is 3.02. The fourth-order valence-electron chi connectivity index (χ4n) is 2.21. The maximum Gasteiger partial charge on any atom is 0.141 e. The number of benzene rings is 1. The van der Waals surface area contributed by atoms with Gasteiger partial charge < -0.3 is 5.32 Å². The molecule has 2 rings (SSSR count). The Balaban J connectivity index is 2.25. The zero-order valence-corrected chi connectivity index (χ0v) is 12.4. The van der Waals surface area contributed by atoms with E-state index < -0.39 is 0 Å². The lowest BCUT2D eigenvalue weighted by atomic mass is 9.99. The highest BCUT2D eigenvalue weighted by Gasteiger charge is 2.14. The molecule has 1 heterocycles. The summed E-state index contributed by atoms with van der Waals surface area (Å²) in [6.45, 7) is 4.83. The highest BCUT2D eigenvalue weighted by Crippen LogP contribution is 2.24. The predicted molar refractivity (Wildman–Crippen MR) is 80.5 cm³/mol. The van der Waals surface area contributed by atoms with E-state index in [1.165, 1.54) is 12.3 Å². The van der Waals surface area contributed by atoms with Gasteiger partial charge >= 0.3 is 0 Å². The van der Waals surface area contributed by atoms with Crippen LogP contribution in [0.1, 0.15) is 29.7 Å². The fourth-order valence-corrected chi connectivity index (χ4v) is 2.52. The van der Waals surface area contributed by atoms with Crippen LogP contribution in [-0.4, -0.2) is 11.5 Å². The van der Waals surface area contributed by atoms with Gasteiger partial charge in [0.05, 0.1) is 6.20 Å². The van der Waals surface area contributed by atoms with Crippen molar-refractivity contribution in [3.63, 3.8) is 0 Å². The number of hydrogen-bond acceptors (Lipinski definition) is 2. The molecular formula is C16H18ClFN2. The van der Waals surface area contributed by atoms with Crippen LogP contribution in [0.2, 0.25) is 5.02 Å². The topological polar surface area (TPSA) is 24.9 Å². The largest absolute Gasteiger partial charge is 0.310 e. The van der Waals surface area contributed by atoms with Crippen LogP contribution >= 0.6 is 11.6 Å². The molecule has 0 aliphatic rings. The van der Waals surface area contributed by atoms with Crippen LogP contribution in [0.5, 0.6) is 0 Å². The molecule has 1 N–H and O–H groups in total. The molecule has 1 aromatic carbocycles. The van der Waals surface area contributed by atoms with Crippen LogP contribution in [-0.2, 0) is 6.42 Å². The maximum atomic E-state index is 13.3. The highest BCUT2D eigenvalue weighted by molar-refractivity contribution is 6.31. The fraction of sp³-hybridized carbons (Fsp3) is 0.312. The molecule has 106 valence electrons. The van der Waals surface area contributed by atoms with E-state index in [2.05, 4.69) is 10.3 Å². The van der Waals surface area contributed by atoms with E-state index in [0.29, 0.717) is 6.42 Å². The van der Waals surface area contributed by atoms with Crippen LogP contribution < -0.4 is 5.32 Å². The van der Waals surface area contributed by atoms with Gasteiger partial charge in [-0.05, 0) is 48.7 Å². The number of pyridine rings is 1. The van der Waals surface area contributed by atoms with Gasteiger partial charge in [0.1, 0.15) is 5.82 Å². The van der Waals surface area contributed by atoms with Crippen LogP contribution in [0.25, 0.3) is 0 Å². The first-order valence-corrected chi connectivity index (χ1v) is 7.06. The molecule has 0 radical (unpaired) electrons. The van der Waals surface area contributed by atoms with Gasteiger partial charge in [0.15, 0.2) is 0 Å². The summed E-state index contributed by atoms with van der Waals surface area (Å²) >= 11 is 6.28. The average Bonchev–Trinajstić information content (AvgIpc) is 2.41. The second-order valence-corrected chi connectivity index (χ2v) is 5.25. The lowest BCUT2D eigenvalue weighted by Gasteiger charge is -2.19. The summed E-state index contributed by atoms with van der Waals surface area (Å²) in [4.78, 5) is 3.92. The summed E-state index contributed by atoms with van der Waals surface area (Å²) in [7, 11) is 0. The highest BCUT2D eigenvalue weighted by atomic mass is 35.5. The van der Waals surface area contributed by atoms with Crippen molar-refractivity contribution in [2.75, 3.05) is 6.54 Å². The molecule has 0 bridgehead atoms. The Kier molecular flexibility index (Phi) is 5.10. The Morgan fingerprint density at radius 1 is 1.30 bits per heavy atom. The van der Waals surface area contributed by atoms with Gasteiger partial charge in [-0.1, -0.05) is 30.7 Å². The van der Waals surface area contributed by atoms with Crippen molar-refractivity contribution in [2.24, 2.45) is 0 Å². The number of aryl methyl sites for hydroxylation is 1. The summed E-state index contributed by atoms with van der Waals surface area (Å²) in [6, 6.07) is 7.53. The molecule has 0 saturated heterocycles. The molecule has 20 heavy (non-hydrogen) atoms. The molecule has 0 saturated carbocycles. The van der Waals surface area contributed by atoms with Crippen LogP contribution in [0.4, 0.5) is 4.39 Å². The van der Waals surface area contributed by atoms with Gasteiger partial charge in [-0.25, -0.2) is 4.39 Å². The SMILES string of the molecule is CCNC(Cc1ccc(C)cc1Cl)c1cncc(F)c1. The van der Waals surface area contributed by atoms with E-state index >= 15 is 0 Å². The third-order valence-corrected chi connectivity index (χ3v) is 3.56. The molecule has 0 fully saturated rings. The third kappa shape index (κ3) is 3.78. The normalized spacial score (nSPS) is 12.4. The Labute approximate surface area is 124 Å². The van der Waals surface area contributed by atoms with Crippen molar-refractivity contribution >= 4 is 11.6 Å². The summed E-state index contributed by atoms with van der Waals surface area (Å²) < 4.78 is 13.3. The van der Waals surface area contributed by atoms with Crippen molar-refractivity contribution in [1.29, 1.82) is 0 Å². The number of hydrogen-bond donors (Lipinski definition) is 1. The molecule has 0 spiro atoms. The lowest BCUT2D eigenvalue weighted by Crippen LogP contribution is -2.23. The molecule has 1 unspecified atom stereocenters. The van der Waals surface area contributed by atoms with E-state index in [-0.39, 0.29) is 11.9 Å². The minimum Gasteiger partial charge on any atom is -0.310 e. The van der Waals surface area contributed by atoms with Crippen molar-refractivity contribution in [1.82, 2.24) is 10.3 Å². The van der Waals surface area contributed by atoms with Gasteiger partial charge in [-0.2, -0.15) is 0 Å². The number of likely N-dealkylation sites (N-methyl/N-ethyl adjacent to an activating group) is 1. The molecule has 2 aromatic rings. The number of halogens is 2. The zero-order valence-electron chi connectivity index (χ0n) is 11.7. The Bertz CT molecular complexity index is 586. The number of nitrogens with zero attached hydrogens (tertiary/aromatic N) is 1. The summed E-state index contributed by atoms with van der Waals surface area (Å²) in [5, 5.41) is 4.10. The number of rotatable bonds is 5. The molecule has 0 aliphatic heterocycles. The van der Waals surface area contributed by atoms with E-state index in [9.17, 15) is 4.39 Å². The van der Waals surface area contributed by atoms with E-state index in [0.717, 1.165) is 28.3 Å². The molecule has 0 aliphatic carbocycles. The van der Waals surface area contributed by atoms with Gasteiger partial charge in [0.2, 0.25) is 0 Å². The first-order chi connectivity index (χ1) is 9.60. The third-order valence-electron chi connectivity index (χ3n) is 3.21. The van der Waals surface area contributed by atoms with Crippen LogP contribution in [0.15, 0.2) is 36.7 Å². The molecule has 2 nitrogen and oxygen atoms in total. The van der Waals surface area contributed by atoms with Gasteiger partial charge in [0, 0.05) is 17.3 Å². The van der Waals surface area contributed by atoms with E-state index in [1.807, 2.05) is 32.0 Å². The van der Waals surface area contributed by atoms with Crippen LogP contribution in [0.3, 0.4) is 0 Å². The van der Waals surface area contributed by atoms with Gasteiger partial charge in [0.25, 0.3) is 0 Å². The summed E-state index contributed by atoms with van der Waals surface area (Å²) in [5.74, 6) is -0.319. The Morgan fingerprint density at radius 2 is 2.10 bits per heavy atom. The first-order valence-electron chi connectivity index (χ1n) is 6.69. The standard InChI is InChI=1S/C16H18ClFN2/c1-3-20-16(13-7-14(18)10-19-9-13)8-12-5-4-11(2)6-15(12)17/h4-7,9-10,16,20H,3,8H2,1-2H3. The Hall–Kier alpha value is -1.45. The molecule has 1 aromatic heterocycles. The maximum absolute atomic E-state index is 13.3. The average molecular weight is 293 g/mol. The monoisotopic (exact) mass is 292 g/mol.